The molecule has 1 fully saturated rings. The van der Waals surface area contributed by atoms with Gasteiger partial charge < -0.3 is 21.1 Å². The van der Waals surface area contributed by atoms with Crippen molar-refractivity contribution in [2.24, 2.45) is 0 Å². The van der Waals surface area contributed by atoms with Gasteiger partial charge in [0.1, 0.15) is 21.2 Å². The van der Waals surface area contributed by atoms with E-state index < -0.39 is 16.6 Å². The van der Waals surface area contributed by atoms with E-state index in [0.29, 0.717) is 35.9 Å². The molecule has 1 aromatic heterocycles. The second kappa shape index (κ2) is 6.52. The van der Waals surface area contributed by atoms with Crippen LogP contribution in [-0.4, -0.2) is 40.4 Å². The molecular weight excluding hydrogens is 340 g/mol. The summed E-state index contributed by atoms with van der Waals surface area (Å²) in [6.07, 6.45) is 0.868. The maximum Gasteiger partial charge on any atom is 0.407 e. The molecule has 1 saturated carbocycles. The maximum atomic E-state index is 12.2. The SMILES string of the molecule is CC(C)(C)OC(=O)NCCNc1nc(N)c(C(=O)C2(Cl)CC2)s1. The van der Waals surface area contributed by atoms with Gasteiger partial charge in [-0.3, -0.25) is 4.79 Å². The fourth-order valence-corrected chi connectivity index (χ4v) is 2.95. The Bertz CT molecular complexity index is 608. The smallest absolute Gasteiger partial charge is 0.407 e. The van der Waals surface area contributed by atoms with E-state index in [9.17, 15) is 9.59 Å². The molecule has 0 radical (unpaired) electrons. The molecule has 0 aromatic carbocycles. The number of hydrogen-bond acceptors (Lipinski definition) is 7. The van der Waals surface area contributed by atoms with Gasteiger partial charge in [0.15, 0.2) is 10.9 Å². The summed E-state index contributed by atoms with van der Waals surface area (Å²) in [5.41, 5.74) is 5.25. The number of thiazole rings is 1. The number of nitrogens with one attached hydrogen (secondary N) is 2. The van der Waals surface area contributed by atoms with Crippen molar-refractivity contribution in [1.29, 1.82) is 0 Å². The van der Waals surface area contributed by atoms with E-state index in [4.69, 9.17) is 22.1 Å². The zero-order chi connectivity index (χ0) is 17.3. The van der Waals surface area contributed by atoms with Gasteiger partial charge in [0.2, 0.25) is 0 Å². The van der Waals surface area contributed by atoms with Crippen LogP contribution in [0, 0.1) is 0 Å². The normalized spacial score (nSPS) is 15.8. The molecule has 1 aliphatic carbocycles. The van der Waals surface area contributed by atoms with Crippen LogP contribution in [0.2, 0.25) is 0 Å². The Morgan fingerprint density at radius 1 is 1.39 bits per heavy atom. The van der Waals surface area contributed by atoms with E-state index >= 15 is 0 Å². The van der Waals surface area contributed by atoms with Crippen molar-refractivity contribution in [2.45, 2.75) is 44.1 Å². The van der Waals surface area contributed by atoms with Gasteiger partial charge in [0.05, 0.1) is 0 Å². The van der Waals surface area contributed by atoms with E-state index in [1.165, 1.54) is 11.3 Å². The van der Waals surface area contributed by atoms with Gasteiger partial charge in [-0.05, 0) is 33.6 Å². The number of aromatic nitrogens is 1. The third-order valence-electron chi connectivity index (χ3n) is 3.02. The molecule has 2 rings (SSSR count). The van der Waals surface area contributed by atoms with Crippen molar-refractivity contribution in [3.63, 3.8) is 0 Å². The van der Waals surface area contributed by atoms with Crippen LogP contribution in [0.1, 0.15) is 43.3 Å². The van der Waals surface area contributed by atoms with Gasteiger partial charge >= 0.3 is 6.09 Å². The van der Waals surface area contributed by atoms with E-state index in [2.05, 4.69) is 15.6 Å². The molecule has 128 valence electrons. The second-order valence-electron chi connectivity index (χ2n) is 6.38. The van der Waals surface area contributed by atoms with Crippen LogP contribution in [0.25, 0.3) is 0 Å². The van der Waals surface area contributed by atoms with Gasteiger partial charge in [-0.15, -0.1) is 11.6 Å². The zero-order valence-corrected chi connectivity index (χ0v) is 14.9. The number of hydrogen-bond donors (Lipinski definition) is 3. The Labute approximate surface area is 143 Å². The number of nitrogens with zero attached hydrogens (tertiary/aromatic N) is 1. The van der Waals surface area contributed by atoms with Crippen LogP contribution in [0.15, 0.2) is 0 Å². The number of alkyl halides is 1. The second-order valence-corrected chi connectivity index (χ2v) is 8.11. The minimum Gasteiger partial charge on any atom is -0.444 e. The summed E-state index contributed by atoms with van der Waals surface area (Å²) in [4.78, 5) is 27.4. The number of nitrogen functional groups attached to an aromatic ring is 1. The summed E-state index contributed by atoms with van der Waals surface area (Å²) in [5.74, 6) is 0.0311. The Morgan fingerprint density at radius 2 is 2.04 bits per heavy atom. The summed E-state index contributed by atoms with van der Waals surface area (Å²) in [6, 6.07) is 0. The predicted molar refractivity (Wildman–Crippen MR) is 91.4 cm³/mol. The van der Waals surface area contributed by atoms with Gasteiger partial charge in [0.25, 0.3) is 0 Å². The van der Waals surface area contributed by atoms with Crippen LogP contribution in [0.4, 0.5) is 15.7 Å². The summed E-state index contributed by atoms with van der Waals surface area (Å²) in [7, 11) is 0. The van der Waals surface area contributed by atoms with Crippen molar-refractivity contribution < 1.29 is 14.3 Å². The fraction of sp³-hybridized carbons (Fsp3) is 0.643. The molecule has 1 aliphatic rings. The number of ketones is 1. The number of halogens is 1. The number of ether oxygens (including phenoxy) is 1. The summed E-state index contributed by atoms with van der Waals surface area (Å²) in [5, 5.41) is 6.16. The van der Waals surface area contributed by atoms with Crippen LogP contribution in [0.3, 0.4) is 0 Å². The van der Waals surface area contributed by atoms with Crippen LogP contribution < -0.4 is 16.4 Å². The van der Waals surface area contributed by atoms with E-state index in [1.807, 2.05) is 0 Å². The van der Waals surface area contributed by atoms with Crippen molar-refractivity contribution in [3.8, 4) is 0 Å². The highest BCUT2D eigenvalue weighted by Gasteiger charge is 2.49. The van der Waals surface area contributed by atoms with Crippen molar-refractivity contribution >= 4 is 45.8 Å². The third kappa shape index (κ3) is 4.97. The molecule has 23 heavy (non-hydrogen) atoms. The molecule has 4 N–H and O–H groups in total. The molecule has 0 spiro atoms. The molecular formula is C14H21ClN4O3S. The van der Waals surface area contributed by atoms with E-state index in [0.717, 1.165) is 0 Å². The fourth-order valence-electron chi connectivity index (χ4n) is 1.76. The monoisotopic (exact) mass is 360 g/mol. The Hall–Kier alpha value is -1.54. The number of amides is 1. The standard InChI is InChI=1S/C14H21ClN4O3S/c1-13(2,3)22-12(21)18-7-6-17-11-19-10(16)8(23-11)9(20)14(15)4-5-14/h4-7,16H2,1-3H3,(H,17,19)(H,18,21). The molecule has 1 aromatic rings. The molecule has 9 heteroatoms. The zero-order valence-electron chi connectivity index (χ0n) is 13.4. The number of carbonyl (C=O) groups excluding carboxylic acids is 2. The topological polar surface area (TPSA) is 106 Å². The Kier molecular flexibility index (Phi) is 5.05. The molecule has 0 aliphatic heterocycles. The first-order chi connectivity index (χ1) is 10.6. The van der Waals surface area contributed by atoms with Crippen LogP contribution in [0.5, 0.6) is 0 Å². The first-order valence-electron chi connectivity index (χ1n) is 7.31. The maximum absolute atomic E-state index is 12.2. The number of anilines is 2. The highest BCUT2D eigenvalue weighted by molar-refractivity contribution is 7.18. The van der Waals surface area contributed by atoms with Gasteiger partial charge in [-0.1, -0.05) is 11.3 Å². The first-order valence-corrected chi connectivity index (χ1v) is 8.51. The molecule has 0 bridgehead atoms. The largest absolute Gasteiger partial charge is 0.444 e. The summed E-state index contributed by atoms with van der Waals surface area (Å²) in [6.45, 7) is 6.19. The molecule has 0 atom stereocenters. The Balaban J connectivity index is 1.79. The van der Waals surface area contributed by atoms with Gasteiger partial charge in [0, 0.05) is 13.1 Å². The summed E-state index contributed by atoms with van der Waals surface area (Å²) < 4.78 is 5.12. The van der Waals surface area contributed by atoms with E-state index in [1.54, 1.807) is 20.8 Å². The average Bonchev–Trinajstić information content (AvgIpc) is 3.06. The van der Waals surface area contributed by atoms with Crippen molar-refractivity contribution in [3.05, 3.63) is 4.88 Å². The van der Waals surface area contributed by atoms with Crippen molar-refractivity contribution in [2.75, 3.05) is 24.1 Å². The van der Waals surface area contributed by atoms with Gasteiger partial charge in [-0.25, -0.2) is 9.78 Å². The average molecular weight is 361 g/mol. The minimum atomic E-state index is -0.782. The lowest BCUT2D eigenvalue weighted by molar-refractivity contribution is 0.0530. The quantitative estimate of drug-likeness (QED) is 0.409. The number of alkyl carbamates (subject to hydrolysis) is 1. The number of Topliss-reactive ketones (excluding diaryl/α,β-unsaturated/α-hetero) is 1. The molecule has 0 unspecified atom stereocenters. The van der Waals surface area contributed by atoms with Crippen LogP contribution >= 0.6 is 22.9 Å². The molecule has 7 nitrogen and oxygen atoms in total. The van der Waals surface area contributed by atoms with Crippen molar-refractivity contribution in [1.82, 2.24) is 10.3 Å². The molecule has 0 saturated heterocycles. The molecule has 1 amide bonds. The van der Waals surface area contributed by atoms with E-state index in [-0.39, 0.29) is 11.6 Å². The highest BCUT2D eigenvalue weighted by Crippen LogP contribution is 2.47. The number of nitrogens with two attached hydrogens (primary N) is 1. The number of rotatable bonds is 6. The lowest BCUT2D eigenvalue weighted by Gasteiger charge is -2.19. The first kappa shape index (κ1) is 17.8. The molecule has 1 heterocycles. The minimum absolute atomic E-state index is 0.158. The summed E-state index contributed by atoms with van der Waals surface area (Å²) >= 11 is 7.30. The lowest BCUT2D eigenvalue weighted by atomic mass is 10.2. The number of carbonyl (C=O) groups is 2. The lowest BCUT2D eigenvalue weighted by Crippen LogP contribution is -2.34. The van der Waals surface area contributed by atoms with Gasteiger partial charge in [-0.2, -0.15) is 0 Å². The van der Waals surface area contributed by atoms with Crippen LogP contribution in [-0.2, 0) is 4.74 Å². The third-order valence-corrected chi connectivity index (χ3v) is 4.60. The highest BCUT2D eigenvalue weighted by atomic mass is 35.5. The Morgan fingerprint density at radius 3 is 2.61 bits per heavy atom. The predicted octanol–water partition coefficient (Wildman–Crippen LogP) is 2.62.